The SMILES string of the molecule is c1ccc(-c2ccc(-c3cc(-c4ccc(-c5cncc6ccccc56)cc4)nc(-c4ccc(-c5ccc6c7ccccc7c7ccccc7c6c5)cc4)n3)cc2)cc1. The van der Waals surface area contributed by atoms with Crippen LogP contribution in [0.3, 0.4) is 0 Å². The van der Waals surface area contributed by atoms with Gasteiger partial charge in [-0.05, 0) is 77.7 Å². The Morgan fingerprint density at radius 3 is 1.31 bits per heavy atom. The second kappa shape index (κ2) is 14.1. The second-order valence-corrected chi connectivity index (χ2v) is 14.8. The van der Waals surface area contributed by atoms with Crippen LogP contribution in [0.25, 0.3) is 110 Å². The van der Waals surface area contributed by atoms with E-state index in [0.29, 0.717) is 5.82 Å². The molecule has 0 spiro atoms. The Bertz CT molecular complexity index is 3260. The fraction of sp³-hybridized carbons (Fsp3) is 0. The summed E-state index contributed by atoms with van der Waals surface area (Å²) in [5.74, 6) is 0.685. The third-order valence-electron chi connectivity index (χ3n) is 11.4. The molecule has 0 saturated carbocycles. The molecule has 0 atom stereocenters. The lowest BCUT2D eigenvalue weighted by Crippen LogP contribution is -1.96. The van der Waals surface area contributed by atoms with Gasteiger partial charge >= 0.3 is 0 Å². The fourth-order valence-corrected chi connectivity index (χ4v) is 8.40. The van der Waals surface area contributed by atoms with Crippen LogP contribution >= 0.6 is 0 Å². The fourth-order valence-electron chi connectivity index (χ4n) is 8.40. The molecule has 11 aromatic rings. The van der Waals surface area contributed by atoms with Gasteiger partial charge in [0.15, 0.2) is 5.82 Å². The van der Waals surface area contributed by atoms with Gasteiger partial charge in [-0.2, -0.15) is 0 Å². The molecule has 0 N–H and O–H groups in total. The van der Waals surface area contributed by atoms with E-state index in [1.165, 1.54) is 54.4 Å². The molecule has 0 unspecified atom stereocenters. The maximum Gasteiger partial charge on any atom is 0.160 e. The Balaban J connectivity index is 0.987. The van der Waals surface area contributed by atoms with Gasteiger partial charge in [0.25, 0.3) is 0 Å². The van der Waals surface area contributed by atoms with E-state index in [9.17, 15) is 0 Å². The number of rotatable bonds is 6. The number of benzene rings is 9. The van der Waals surface area contributed by atoms with Crippen LogP contribution in [0.1, 0.15) is 0 Å². The van der Waals surface area contributed by atoms with E-state index < -0.39 is 0 Å². The van der Waals surface area contributed by atoms with Crippen LogP contribution in [-0.4, -0.2) is 15.0 Å². The summed E-state index contributed by atoms with van der Waals surface area (Å²) in [6, 6.07) is 71.2. The number of aromatic nitrogens is 3. The van der Waals surface area contributed by atoms with Crippen LogP contribution < -0.4 is 0 Å². The van der Waals surface area contributed by atoms with Gasteiger partial charge in [-0.1, -0.05) is 188 Å². The number of hydrogen-bond acceptors (Lipinski definition) is 3. The summed E-state index contributed by atoms with van der Waals surface area (Å²) in [7, 11) is 0. The van der Waals surface area contributed by atoms with E-state index in [0.717, 1.165) is 50.2 Å². The van der Waals surface area contributed by atoms with Crippen molar-refractivity contribution in [3.63, 3.8) is 0 Å². The van der Waals surface area contributed by atoms with Crippen molar-refractivity contribution in [2.24, 2.45) is 0 Å². The van der Waals surface area contributed by atoms with Crippen molar-refractivity contribution >= 4 is 43.1 Å². The number of fused-ring (bicyclic) bond motifs is 7. The summed E-state index contributed by atoms with van der Waals surface area (Å²) >= 11 is 0. The monoisotopic (exact) mass is 737 g/mol. The lowest BCUT2D eigenvalue weighted by Gasteiger charge is -2.13. The quantitative estimate of drug-likeness (QED) is 0.160. The van der Waals surface area contributed by atoms with E-state index in [1.807, 2.05) is 18.5 Å². The minimum absolute atomic E-state index is 0.685. The summed E-state index contributed by atoms with van der Waals surface area (Å²) < 4.78 is 0. The van der Waals surface area contributed by atoms with Crippen molar-refractivity contribution in [1.82, 2.24) is 15.0 Å². The molecule has 2 aromatic heterocycles. The van der Waals surface area contributed by atoms with Gasteiger partial charge in [0, 0.05) is 40.0 Å². The number of hydrogen-bond donors (Lipinski definition) is 0. The lowest BCUT2D eigenvalue weighted by molar-refractivity contribution is 1.18. The first-order valence-corrected chi connectivity index (χ1v) is 19.7. The zero-order chi connectivity index (χ0) is 38.4. The molecular weight excluding hydrogens is 703 g/mol. The van der Waals surface area contributed by atoms with Crippen molar-refractivity contribution in [3.05, 3.63) is 213 Å². The van der Waals surface area contributed by atoms with Crippen LogP contribution in [0.2, 0.25) is 0 Å². The summed E-state index contributed by atoms with van der Waals surface area (Å²) in [6.45, 7) is 0. The summed E-state index contributed by atoms with van der Waals surface area (Å²) in [4.78, 5) is 14.9. The highest BCUT2D eigenvalue weighted by Crippen LogP contribution is 2.38. The van der Waals surface area contributed by atoms with E-state index >= 15 is 0 Å². The smallest absolute Gasteiger partial charge is 0.160 e. The Labute approximate surface area is 336 Å². The van der Waals surface area contributed by atoms with Gasteiger partial charge in [-0.15, -0.1) is 0 Å². The third-order valence-corrected chi connectivity index (χ3v) is 11.4. The molecule has 3 nitrogen and oxygen atoms in total. The van der Waals surface area contributed by atoms with E-state index in [2.05, 4.69) is 199 Å². The number of nitrogens with zero attached hydrogens (tertiary/aromatic N) is 3. The normalized spacial score (nSPS) is 11.4. The highest BCUT2D eigenvalue weighted by molar-refractivity contribution is 6.25. The van der Waals surface area contributed by atoms with Crippen LogP contribution in [0.5, 0.6) is 0 Å². The topological polar surface area (TPSA) is 38.7 Å². The molecule has 0 bridgehead atoms. The highest BCUT2D eigenvalue weighted by atomic mass is 14.9. The minimum atomic E-state index is 0.685. The van der Waals surface area contributed by atoms with E-state index in [-0.39, 0.29) is 0 Å². The molecule has 0 aliphatic heterocycles. The lowest BCUT2D eigenvalue weighted by atomic mass is 9.92. The molecule has 0 radical (unpaired) electrons. The first kappa shape index (κ1) is 33.6. The average molecular weight is 738 g/mol. The highest BCUT2D eigenvalue weighted by Gasteiger charge is 2.14. The van der Waals surface area contributed by atoms with Gasteiger partial charge in [-0.3, -0.25) is 4.98 Å². The largest absolute Gasteiger partial charge is 0.263 e. The molecule has 270 valence electrons. The van der Waals surface area contributed by atoms with Crippen LogP contribution in [0.4, 0.5) is 0 Å². The Morgan fingerprint density at radius 1 is 0.259 bits per heavy atom. The van der Waals surface area contributed by atoms with Gasteiger partial charge in [-0.25, -0.2) is 9.97 Å². The number of pyridine rings is 1. The van der Waals surface area contributed by atoms with Gasteiger partial charge in [0.05, 0.1) is 11.4 Å². The standard InChI is InChI=1S/C55H35N3/c1-2-10-36(11-3-1)37-18-24-40(25-19-37)53-33-54(41-26-22-39(23-27-41)52-35-56-34-44-12-4-5-13-45(44)52)58-55(57-53)42-28-20-38(21-29-42)43-30-31-50-48-16-7-6-14-46(48)47-15-8-9-17-49(47)51(50)32-43/h1-35H. The zero-order valence-electron chi connectivity index (χ0n) is 31.5. The van der Waals surface area contributed by atoms with E-state index in [4.69, 9.17) is 9.97 Å². The maximum atomic E-state index is 5.20. The van der Waals surface area contributed by atoms with Crippen molar-refractivity contribution in [1.29, 1.82) is 0 Å². The zero-order valence-corrected chi connectivity index (χ0v) is 31.5. The maximum absolute atomic E-state index is 5.20. The Kier molecular flexibility index (Phi) is 8.15. The van der Waals surface area contributed by atoms with Crippen molar-refractivity contribution in [3.8, 4) is 67.3 Å². The molecular formula is C55H35N3. The molecule has 11 rings (SSSR count). The molecule has 0 aliphatic carbocycles. The van der Waals surface area contributed by atoms with Gasteiger partial charge in [0.1, 0.15) is 0 Å². The second-order valence-electron chi connectivity index (χ2n) is 14.8. The van der Waals surface area contributed by atoms with Crippen molar-refractivity contribution in [2.75, 3.05) is 0 Å². The van der Waals surface area contributed by atoms with Crippen LogP contribution in [0, 0.1) is 0 Å². The Morgan fingerprint density at radius 2 is 0.690 bits per heavy atom. The van der Waals surface area contributed by atoms with Crippen molar-refractivity contribution in [2.45, 2.75) is 0 Å². The molecule has 3 heteroatoms. The molecule has 0 aliphatic rings. The molecule has 0 amide bonds. The van der Waals surface area contributed by atoms with Crippen molar-refractivity contribution < 1.29 is 0 Å². The molecule has 9 aromatic carbocycles. The predicted octanol–water partition coefficient (Wildman–Crippen LogP) is 14.5. The minimum Gasteiger partial charge on any atom is -0.263 e. The van der Waals surface area contributed by atoms with Crippen LogP contribution in [0.15, 0.2) is 213 Å². The first-order chi connectivity index (χ1) is 28.7. The molecule has 58 heavy (non-hydrogen) atoms. The third kappa shape index (κ3) is 5.98. The Hall–Kier alpha value is -7.75. The molecule has 0 saturated heterocycles. The predicted molar refractivity (Wildman–Crippen MR) is 242 cm³/mol. The summed E-state index contributed by atoms with van der Waals surface area (Å²) in [5, 5.41) is 9.96. The average Bonchev–Trinajstić information content (AvgIpc) is 3.31. The van der Waals surface area contributed by atoms with Crippen LogP contribution in [-0.2, 0) is 0 Å². The van der Waals surface area contributed by atoms with Gasteiger partial charge in [0.2, 0.25) is 0 Å². The summed E-state index contributed by atoms with van der Waals surface area (Å²) in [5.41, 5.74) is 11.7. The summed E-state index contributed by atoms with van der Waals surface area (Å²) in [6.07, 6.45) is 3.87. The molecule has 0 fully saturated rings. The van der Waals surface area contributed by atoms with Gasteiger partial charge < -0.3 is 0 Å². The van der Waals surface area contributed by atoms with E-state index in [1.54, 1.807) is 0 Å². The first-order valence-electron chi connectivity index (χ1n) is 19.7. The molecule has 2 heterocycles.